The lowest BCUT2D eigenvalue weighted by Gasteiger charge is -2.15. The minimum absolute atomic E-state index is 0.358. The summed E-state index contributed by atoms with van der Waals surface area (Å²) in [5.41, 5.74) is 2.67. The van der Waals surface area contributed by atoms with Crippen molar-refractivity contribution in [2.24, 2.45) is 0 Å². The summed E-state index contributed by atoms with van der Waals surface area (Å²) >= 11 is 7.60. The molecule has 3 rings (SSSR count). The normalized spacial score (nSPS) is 14.9. The minimum Gasteiger partial charge on any atom is -0.493 e. The van der Waals surface area contributed by atoms with E-state index in [1.807, 2.05) is 6.07 Å². The Bertz CT molecular complexity index is 596. The second-order valence-corrected chi connectivity index (χ2v) is 6.90. The lowest BCUT2D eigenvalue weighted by Crippen LogP contribution is -2.21. The standard InChI is InChI=1S/C16H18ClNOS/c1-11(18-8-6-14-3-5-16(17)20-14)12-2-4-15-13(10-12)7-9-19-15/h2-5,10-11,18H,6-9H2,1H3. The molecule has 1 aliphatic rings. The molecular formula is C16H18ClNOS. The Morgan fingerprint density at radius 3 is 3.05 bits per heavy atom. The molecule has 4 heteroatoms. The van der Waals surface area contributed by atoms with Crippen LogP contribution in [0.1, 0.15) is 29.0 Å². The van der Waals surface area contributed by atoms with Crippen molar-refractivity contribution in [1.29, 1.82) is 0 Å². The van der Waals surface area contributed by atoms with Crippen molar-refractivity contribution in [2.75, 3.05) is 13.2 Å². The lowest BCUT2D eigenvalue weighted by atomic mass is 10.0. The highest BCUT2D eigenvalue weighted by Gasteiger charge is 2.14. The zero-order chi connectivity index (χ0) is 13.9. The van der Waals surface area contributed by atoms with Gasteiger partial charge in [-0.2, -0.15) is 0 Å². The molecule has 2 heterocycles. The average molecular weight is 308 g/mol. The number of fused-ring (bicyclic) bond motifs is 1. The smallest absolute Gasteiger partial charge is 0.122 e. The lowest BCUT2D eigenvalue weighted by molar-refractivity contribution is 0.356. The van der Waals surface area contributed by atoms with Crippen LogP contribution >= 0.6 is 22.9 Å². The molecule has 1 atom stereocenters. The van der Waals surface area contributed by atoms with E-state index in [0.717, 1.165) is 36.1 Å². The Hall–Kier alpha value is -1.03. The number of benzene rings is 1. The van der Waals surface area contributed by atoms with Crippen LogP contribution < -0.4 is 10.1 Å². The molecule has 2 nitrogen and oxygen atoms in total. The van der Waals surface area contributed by atoms with Crippen molar-refractivity contribution in [3.63, 3.8) is 0 Å². The summed E-state index contributed by atoms with van der Waals surface area (Å²) in [5, 5.41) is 3.57. The first kappa shape index (κ1) is 13.9. The highest BCUT2D eigenvalue weighted by atomic mass is 35.5. The molecule has 0 saturated heterocycles. The first-order valence-electron chi connectivity index (χ1n) is 6.95. The van der Waals surface area contributed by atoms with Crippen LogP contribution in [0.5, 0.6) is 5.75 Å². The van der Waals surface area contributed by atoms with Crippen molar-refractivity contribution in [2.45, 2.75) is 25.8 Å². The fourth-order valence-electron chi connectivity index (χ4n) is 2.49. The summed E-state index contributed by atoms with van der Waals surface area (Å²) in [7, 11) is 0. The first-order valence-corrected chi connectivity index (χ1v) is 8.15. The average Bonchev–Trinajstić information content (AvgIpc) is 3.06. The van der Waals surface area contributed by atoms with Gasteiger partial charge >= 0.3 is 0 Å². The van der Waals surface area contributed by atoms with Crippen LogP contribution in [0, 0.1) is 0 Å². The van der Waals surface area contributed by atoms with Gasteiger partial charge < -0.3 is 10.1 Å². The topological polar surface area (TPSA) is 21.3 Å². The molecule has 0 spiro atoms. The van der Waals surface area contributed by atoms with E-state index in [1.54, 1.807) is 11.3 Å². The van der Waals surface area contributed by atoms with Gasteiger partial charge in [-0.15, -0.1) is 11.3 Å². The number of hydrogen-bond donors (Lipinski definition) is 1. The maximum Gasteiger partial charge on any atom is 0.122 e. The number of halogens is 1. The van der Waals surface area contributed by atoms with Crippen molar-refractivity contribution in [1.82, 2.24) is 5.32 Å². The third kappa shape index (κ3) is 3.17. The van der Waals surface area contributed by atoms with Gasteiger partial charge in [-0.25, -0.2) is 0 Å². The number of ether oxygens (including phenoxy) is 1. The molecule has 1 aromatic carbocycles. The molecule has 0 amide bonds. The van der Waals surface area contributed by atoms with Crippen LogP contribution in [0.15, 0.2) is 30.3 Å². The molecule has 1 N–H and O–H groups in total. The van der Waals surface area contributed by atoms with E-state index < -0.39 is 0 Å². The molecule has 20 heavy (non-hydrogen) atoms. The molecule has 1 unspecified atom stereocenters. The SMILES string of the molecule is CC(NCCc1ccc(Cl)s1)c1ccc2c(c1)CCO2. The van der Waals surface area contributed by atoms with Crippen LogP contribution in [0.25, 0.3) is 0 Å². The molecule has 1 aromatic heterocycles. The van der Waals surface area contributed by atoms with Crippen molar-refractivity contribution < 1.29 is 4.74 Å². The monoisotopic (exact) mass is 307 g/mol. The summed E-state index contributed by atoms with van der Waals surface area (Å²) in [6.07, 6.45) is 2.05. The second kappa shape index (κ2) is 6.17. The van der Waals surface area contributed by atoms with E-state index in [1.165, 1.54) is 16.0 Å². The van der Waals surface area contributed by atoms with Crippen LogP contribution in [0.4, 0.5) is 0 Å². The summed E-state index contributed by atoms with van der Waals surface area (Å²) in [5.74, 6) is 1.05. The fraction of sp³-hybridized carbons (Fsp3) is 0.375. The number of hydrogen-bond acceptors (Lipinski definition) is 3. The van der Waals surface area contributed by atoms with Gasteiger partial charge in [-0.05, 0) is 42.7 Å². The Morgan fingerprint density at radius 2 is 2.25 bits per heavy atom. The zero-order valence-electron chi connectivity index (χ0n) is 11.5. The summed E-state index contributed by atoms with van der Waals surface area (Å²) in [6, 6.07) is 10.9. The molecule has 0 bridgehead atoms. The van der Waals surface area contributed by atoms with E-state index in [9.17, 15) is 0 Å². The first-order chi connectivity index (χ1) is 9.72. The summed E-state index contributed by atoms with van der Waals surface area (Å²) in [4.78, 5) is 1.33. The zero-order valence-corrected chi connectivity index (χ0v) is 13.1. The van der Waals surface area contributed by atoms with Gasteiger partial charge in [-0.1, -0.05) is 23.7 Å². The Labute approximate surface area is 128 Å². The molecular weight excluding hydrogens is 290 g/mol. The largest absolute Gasteiger partial charge is 0.493 e. The Balaban J connectivity index is 1.55. The van der Waals surface area contributed by atoms with E-state index in [-0.39, 0.29) is 0 Å². The van der Waals surface area contributed by atoms with Crippen molar-refractivity contribution in [3.8, 4) is 5.75 Å². The number of nitrogens with one attached hydrogen (secondary N) is 1. The van der Waals surface area contributed by atoms with Gasteiger partial charge in [0, 0.05) is 23.9 Å². The predicted molar refractivity (Wildman–Crippen MR) is 85.1 cm³/mol. The van der Waals surface area contributed by atoms with Crippen LogP contribution in [-0.4, -0.2) is 13.2 Å². The minimum atomic E-state index is 0.358. The van der Waals surface area contributed by atoms with E-state index >= 15 is 0 Å². The van der Waals surface area contributed by atoms with Gasteiger partial charge in [0.15, 0.2) is 0 Å². The van der Waals surface area contributed by atoms with E-state index in [2.05, 4.69) is 36.5 Å². The van der Waals surface area contributed by atoms with Gasteiger partial charge in [0.1, 0.15) is 5.75 Å². The van der Waals surface area contributed by atoms with Gasteiger partial charge in [-0.3, -0.25) is 0 Å². The fourth-order valence-corrected chi connectivity index (χ4v) is 3.58. The molecule has 1 aliphatic heterocycles. The maximum absolute atomic E-state index is 5.94. The van der Waals surface area contributed by atoms with Crippen molar-refractivity contribution in [3.05, 3.63) is 50.7 Å². The third-order valence-electron chi connectivity index (χ3n) is 3.66. The number of rotatable bonds is 5. The Kier molecular flexibility index (Phi) is 4.29. The maximum atomic E-state index is 5.94. The van der Waals surface area contributed by atoms with Crippen LogP contribution in [-0.2, 0) is 12.8 Å². The molecule has 2 aromatic rings. The van der Waals surface area contributed by atoms with Crippen LogP contribution in [0.3, 0.4) is 0 Å². The van der Waals surface area contributed by atoms with E-state index in [0.29, 0.717) is 6.04 Å². The molecule has 0 radical (unpaired) electrons. The number of thiophene rings is 1. The molecule has 0 fully saturated rings. The highest BCUT2D eigenvalue weighted by molar-refractivity contribution is 7.16. The van der Waals surface area contributed by atoms with Gasteiger partial charge in [0.25, 0.3) is 0 Å². The molecule has 0 aliphatic carbocycles. The van der Waals surface area contributed by atoms with Crippen molar-refractivity contribution >= 4 is 22.9 Å². The highest BCUT2D eigenvalue weighted by Crippen LogP contribution is 2.28. The summed E-state index contributed by atoms with van der Waals surface area (Å²) < 4.78 is 6.41. The van der Waals surface area contributed by atoms with E-state index in [4.69, 9.17) is 16.3 Å². The van der Waals surface area contributed by atoms with Gasteiger partial charge in [0.05, 0.1) is 10.9 Å². The summed E-state index contributed by atoms with van der Waals surface area (Å²) in [6.45, 7) is 3.99. The molecule has 0 saturated carbocycles. The Morgan fingerprint density at radius 1 is 1.35 bits per heavy atom. The van der Waals surface area contributed by atoms with Crippen LogP contribution in [0.2, 0.25) is 4.34 Å². The van der Waals surface area contributed by atoms with Gasteiger partial charge in [0.2, 0.25) is 0 Å². The predicted octanol–water partition coefficient (Wildman–Crippen LogP) is 4.23. The second-order valence-electron chi connectivity index (χ2n) is 5.10. The molecule has 106 valence electrons. The third-order valence-corrected chi connectivity index (χ3v) is 4.96. The quantitative estimate of drug-likeness (QED) is 0.892.